The van der Waals surface area contributed by atoms with Crippen LogP contribution in [0.5, 0.6) is 0 Å². The number of hydrogen-bond acceptors (Lipinski definition) is 3. The number of halogens is 1. The van der Waals surface area contributed by atoms with Crippen molar-refractivity contribution in [3.05, 3.63) is 41.2 Å². The summed E-state index contributed by atoms with van der Waals surface area (Å²) in [5.41, 5.74) is 12.2. The third-order valence-electron chi connectivity index (χ3n) is 2.11. The molecule has 0 saturated heterocycles. The fourth-order valence-corrected chi connectivity index (χ4v) is 1.61. The van der Waals surface area contributed by atoms with Crippen molar-refractivity contribution in [2.24, 2.45) is 5.73 Å². The molecule has 0 atom stereocenters. The SMILES string of the molecule is NC(=O)c1cnn(-c2c(N)cccc2Cl)c1. The maximum Gasteiger partial charge on any atom is 0.251 e. The largest absolute Gasteiger partial charge is 0.397 e. The number of hydrogen-bond donors (Lipinski definition) is 2. The second-order valence-electron chi connectivity index (χ2n) is 3.22. The van der Waals surface area contributed by atoms with E-state index in [0.717, 1.165) is 0 Å². The molecule has 5 nitrogen and oxygen atoms in total. The number of primary amides is 1. The van der Waals surface area contributed by atoms with Gasteiger partial charge in [-0.15, -0.1) is 0 Å². The second-order valence-corrected chi connectivity index (χ2v) is 3.62. The van der Waals surface area contributed by atoms with Crippen LogP contribution < -0.4 is 11.5 Å². The van der Waals surface area contributed by atoms with E-state index in [2.05, 4.69) is 5.10 Å². The van der Waals surface area contributed by atoms with E-state index in [4.69, 9.17) is 23.1 Å². The van der Waals surface area contributed by atoms with Gasteiger partial charge in [0.1, 0.15) is 5.69 Å². The molecule has 16 heavy (non-hydrogen) atoms. The van der Waals surface area contributed by atoms with Crippen molar-refractivity contribution in [3.63, 3.8) is 0 Å². The summed E-state index contributed by atoms with van der Waals surface area (Å²) >= 11 is 6.00. The Balaban J connectivity index is 2.54. The minimum absolute atomic E-state index is 0.305. The van der Waals surface area contributed by atoms with E-state index >= 15 is 0 Å². The minimum atomic E-state index is -0.545. The molecule has 0 aliphatic rings. The molecule has 6 heteroatoms. The van der Waals surface area contributed by atoms with E-state index < -0.39 is 5.91 Å². The Morgan fingerprint density at radius 2 is 2.19 bits per heavy atom. The van der Waals surface area contributed by atoms with Crippen molar-refractivity contribution < 1.29 is 4.79 Å². The quantitative estimate of drug-likeness (QED) is 0.769. The summed E-state index contributed by atoms with van der Waals surface area (Å²) in [7, 11) is 0. The number of carbonyl (C=O) groups excluding carboxylic acids is 1. The van der Waals surface area contributed by atoms with Gasteiger partial charge in [0.05, 0.1) is 22.5 Å². The minimum Gasteiger partial charge on any atom is -0.397 e. The average molecular weight is 237 g/mol. The number of amides is 1. The van der Waals surface area contributed by atoms with Crippen molar-refractivity contribution in [3.8, 4) is 5.69 Å². The van der Waals surface area contributed by atoms with E-state index in [1.807, 2.05) is 0 Å². The van der Waals surface area contributed by atoms with Gasteiger partial charge in [0.25, 0.3) is 5.91 Å². The standard InChI is InChI=1S/C10H9ClN4O/c11-7-2-1-3-8(12)9(7)15-5-6(4-14-15)10(13)16/h1-5H,12H2,(H2,13,16). The molecule has 4 N–H and O–H groups in total. The smallest absolute Gasteiger partial charge is 0.251 e. The summed E-state index contributed by atoms with van der Waals surface area (Å²) in [5, 5.41) is 4.44. The van der Waals surface area contributed by atoms with Gasteiger partial charge in [-0.1, -0.05) is 17.7 Å². The Bertz CT molecular complexity index is 529. The molecule has 2 aromatic rings. The van der Waals surface area contributed by atoms with Crippen LogP contribution in [0.1, 0.15) is 10.4 Å². The van der Waals surface area contributed by atoms with Crippen LogP contribution in [0.2, 0.25) is 5.02 Å². The van der Waals surface area contributed by atoms with Gasteiger partial charge in [-0.05, 0) is 12.1 Å². The van der Waals surface area contributed by atoms with Gasteiger partial charge in [-0.3, -0.25) is 4.79 Å². The number of para-hydroxylation sites is 1. The Kier molecular flexibility index (Phi) is 2.54. The Morgan fingerprint density at radius 3 is 2.75 bits per heavy atom. The van der Waals surface area contributed by atoms with Gasteiger partial charge in [0.2, 0.25) is 0 Å². The van der Waals surface area contributed by atoms with Crippen LogP contribution in [0.25, 0.3) is 5.69 Å². The highest BCUT2D eigenvalue weighted by atomic mass is 35.5. The van der Waals surface area contributed by atoms with Gasteiger partial charge in [-0.2, -0.15) is 5.10 Å². The zero-order valence-electron chi connectivity index (χ0n) is 8.22. The number of anilines is 1. The molecular weight excluding hydrogens is 228 g/mol. The Labute approximate surface area is 96.6 Å². The first-order valence-corrected chi connectivity index (χ1v) is 4.86. The van der Waals surface area contributed by atoms with Crippen LogP contribution in [0.15, 0.2) is 30.6 Å². The van der Waals surface area contributed by atoms with Gasteiger partial charge in [0, 0.05) is 6.20 Å². The second kappa shape index (κ2) is 3.86. The maximum absolute atomic E-state index is 10.9. The normalized spacial score (nSPS) is 10.3. The Hall–Kier alpha value is -2.01. The number of nitrogen functional groups attached to an aromatic ring is 1. The molecule has 1 heterocycles. The fraction of sp³-hybridized carbons (Fsp3) is 0. The number of nitrogens with two attached hydrogens (primary N) is 2. The van der Waals surface area contributed by atoms with E-state index in [1.54, 1.807) is 18.2 Å². The predicted molar refractivity (Wildman–Crippen MR) is 61.5 cm³/mol. The Morgan fingerprint density at radius 1 is 1.44 bits per heavy atom. The molecule has 0 radical (unpaired) electrons. The van der Waals surface area contributed by atoms with Crippen molar-refractivity contribution in [1.29, 1.82) is 0 Å². The summed E-state index contributed by atoms with van der Waals surface area (Å²) in [5.74, 6) is -0.545. The lowest BCUT2D eigenvalue weighted by molar-refractivity contribution is 0.100. The van der Waals surface area contributed by atoms with E-state index in [-0.39, 0.29) is 0 Å². The van der Waals surface area contributed by atoms with Crippen molar-refractivity contribution in [2.75, 3.05) is 5.73 Å². The van der Waals surface area contributed by atoms with Gasteiger partial charge in [-0.25, -0.2) is 4.68 Å². The van der Waals surface area contributed by atoms with Gasteiger partial charge < -0.3 is 11.5 Å². The van der Waals surface area contributed by atoms with Gasteiger partial charge in [0.15, 0.2) is 0 Å². The van der Waals surface area contributed by atoms with Crippen LogP contribution in [0.4, 0.5) is 5.69 Å². The first-order chi connectivity index (χ1) is 7.59. The van der Waals surface area contributed by atoms with E-state index in [9.17, 15) is 4.79 Å². The number of carbonyl (C=O) groups is 1. The number of nitrogens with zero attached hydrogens (tertiary/aromatic N) is 2. The van der Waals surface area contributed by atoms with Crippen LogP contribution >= 0.6 is 11.6 Å². The van der Waals surface area contributed by atoms with E-state index in [1.165, 1.54) is 17.1 Å². The lowest BCUT2D eigenvalue weighted by atomic mass is 10.2. The molecular formula is C10H9ClN4O. The van der Waals surface area contributed by atoms with Crippen LogP contribution in [-0.2, 0) is 0 Å². The van der Waals surface area contributed by atoms with Crippen molar-refractivity contribution in [2.45, 2.75) is 0 Å². The van der Waals surface area contributed by atoms with Crippen LogP contribution in [0.3, 0.4) is 0 Å². The lowest BCUT2D eigenvalue weighted by Crippen LogP contribution is -2.09. The molecule has 0 spiro atoms. The molecule has 0 aliphatic heterocycles. The predicted octanol–water partition coefficient (Wildman–Crippen LogP) is 1.21. The molecule has 1 amide bonds. The number of benzene rings is 1. The van der Waals surface area contributed by atoms with Crippen LogP contribution in [-0.4, -0.2) is 15.7 Å². The molecule has 0 bridgehead atoms. The molecule has 0 aliphatic carbocycles. The first-order valence-electron chi connectivity index (χ1n) is 4.48. The molecule has 1 aromatic heterocycles. The third kappa shape index (κ3) is 1.72. The summed E-state index contributed by atoms with van der Waals surface area (Å²) < 4.78 is 1.43. The van der Waals surface area contributed by atoms with Gasteiger partial charge >= 0.3 is 0 Å². The highest BCUT2D eigenvalue weighted by Crippen LogP contribution is 2.25. The zero-order valence-corrected chi connectivity index (χ0v) is 8.98. The lowest BCUT2D eigenvalue weighted by Gasteiger charge is -2.06. The molecule has 82 valence electrons. The monoisotopic (exact) mass is 236 g/mol. The maximum atomic E-state index is 10.9. The molecule has 0 unspecified atom stereocenters. The molecule has 1 aromatic carbocycles. The first kappa shape index (κ1) is 10.5. The molecule has 0 fully saturated rings. The summed E-state index contributed by atoms with van der Waals surface area (Å²) in [4.78, 5) is 10.9. The van der Waals surface area contributed by atoms with Crippen LogP contribution in [0, 0.1) is 0 Å². The summed E-state index contributed by atoms with van der Waals surface area (Å²) in [6.07, 6.45) is 2.85. The highest BCUT2D eigenvalue weighted by molar-refractivity contribution is 6.32. The van der Waals surface area contributed by atoms with Crippen molar-refractivity contribution in [1.82, 2.24) is 9.78 Å². The summed E-state index contributed by atoms with van der Waals surface area (Å²) in [6, 6.07) is 5.13. The zero-order chi connectivity index (χ0) is 11.7. The topological polar surface area (TPSA) is 86.9 Å². The highest BCUT2D eigenvalue weighted by Gasteiger charge is 2.10. The number of aromatic nitrogens is 2. The number of rotatable bonds is 2. The average Bonchev–Trinajstić information content (AvgIpc) is 2.66. The molecule has 2 rings (SSSR count). The van der Waals surface area contributed by atoms with E-state index in [0.29, 0.717) is 22.0 Å². The molecule has 0 saturated carbocycles. The third-order valence-corrected chi connectivity index (χ3v) is 2.42. The summed E-state index contributed by atoms with van der Waals surface area (Å²) in [6.45, 7) is 0. The van der Waals surface area contributed by atoms with Crippen molar-refractivity contribution >= 4 is 23.2 Å². The fourth-order valence-electron chi connectivity index (χ4n) is 1.35.